The van der Waals surface area contributed by atoms with Gasteiger partial charge in [0.15, 0.2) is 0 Å². The first-order chi connectivity index (χ1) is 14.2. The molecule has 1 fully saturated rings. The molecule has 0 N–H and O–H groups in total. The molecule has 0 radical (unpaired) electrons. The lowest BCUT2D eigenvalue weighted by Crippen LogP contribution is -2.45. The number of benzene rings is 3. The van der Waals surface area contributed by atoms with Gasteiger partial charge in [-0.25, -0.2) is 9.37 Å². The van der Waals surface area contributed by atoms with E-state index in [4.69, 9.17) is 4.98 Å². The smallest absolute Gasteiger partial charge is 0.124 e. The molecule has 0 saturated carbocycles. The first-order valence-electron chi connectivity index (χ1n) is 9.92. The molecule has 146 valence electrons. The van der Waals surface area contributed by atoms with Gasteiger partial charge in [0.2, 0.25) is 0 Å². The Morgan fingerprint density at radius 2 is 1.55 bits per heavy atom. The van der Waals surface area contributed by atoms with E-state index in [2.05, 4.69) is 52.3 Å². The molecule has 0 bridgehead atoms. The highest BCUT2D eigenvalue weighted by atomic mass is 32.1. The van der Waals surface area contributed by atoms with Crippen molar-refractivity contribution in [2.75, 3.05) is 31.1 Å². The van der Waals surface area contributed by atoms with E-state index in [-0.39, 0.29) is 5.82 Å². The van der Waals surface area contributed by atoms with E-state index in [0.717, 1.165) is 43.2 Å². The molecule has 1 aromatic heterocycles. The molecule has 29 heavy (non-hydrogen) atoms. The van der Waals surface area contributed by atoms with Crippen LogP contribution in [0.25, 0.3) is 20.8 Å². The Balaban J connectivity index is 1.22. The molecule has 1 aliphatic heterocycles. The van der Waals surface area contributed by atoms with E-state index in [1.54, 1.807) is 23.5 Å². The number of fused-ring (bicyclic) bond motifs is 1. The van der Waals surface area contributed by atoms with E-state index in [1.165, 1.54) is 21.5 Å². The number of hydrogen-bond donors (Lipinski definition) is 0. The van der Waals surface area contributed by atoms with Gasteiger partial charge in [0.05, 0.1) is 10.2 Å². The number of halogens is 1. The molecule has 0 amide bonds. The Hall–Kier alpha value is -2.76. The van der Waals surface area contributed by atoms with Crippen LogP contribution in [0.1, 0.15) is 5.56 Å². The molecular weight excluding hydrogens is 381 g/mol. The number of nitrogens with zero attached hydrogens (tertiary/aromatic N) is 3. The van der Waals surface area contributed by atoms with Crippen LogP contribution in [0.15, 0.2) is 72.8 Å². The Bertz CT molecular complexity index is 1060. The van der Waals surface area contributed by atoms with Crippen LogP contribution >= 0.6 is 11.3 Å². The van der Waals surface area contributed by atoms with Gasteiger partial charge in [0.25, 0.3) is 0 Å². The van der Waals surface area contributed by atoms with Crippen LogP contribution < -0.4 is 4.90 Å². The van der Waals surface area contributed by atoms with Crippen LogP contribution in [-0.4, -0.2) is 36.1 Å². The predicted octanol–water partition coefficient (Wildman–Crippen LogP) is 5.42. The second kappa shape index (κ2) is 7.93. The molecule has 4 aromatic rings. The number of piperazine rings is 1. The van der Waals surface area contributed by atoms with Gasteiger partial charge in [-0.3, -0.25) is 4.90 Å². The maximum atomic E-state index is 13.1. The molecule has 1 aliphatic rings. The number of hydrogen-bond acceptors (Lipinski definition) is 4. The van der Waals surface area contributed by atoms with Gasteiger partial charge >= 0.3 is 0 Å². The van der Waals surface area contributed by atoms with Gasteiger partial charge in [-0.05, 0) is 54.1 Å². The lowest BCUT2D eigenvalue weighted by atomic mass is 10.1. The third kappa shape index (κ3) is 4.02. The zero-order valence-corrected chi connectivity index (χ0v) is 16.9. The molecule has 0 spiro atoms. The lowest BCUT2D eigenvalue weighted by molar-refractivity contribution is 0.250. The topological polar surface area (TPSA) is 19.4 Å². The fourth-order valence-corrected chi connectivity index (χ4v) is 4.79. The highest BCUT2D eigenvalue weighted by Gasteiger charge is 2.17. The minimum absolute atomic E-state index is 0.173. The van der Waals surface area contributed by atoms with Gasteiger partial charge in [-0.2, -0.15) is 0 Å². The van der Waals surface area contributed by atoms with Gasteiger partial charge in [0, 0.05) is 44.0 Å². The summed E-state index contributed by atoms with van der Waals surface area (Å²) in [5.74, 6) is -0.173. The van der Waals surface area contributed by atoms with E-state index in [0.29, 0.717) is 0 Å². The second-order valence-corrected chi connectivity index (χ2v) is 8.45. The maximum absolute atomic E-state index is 13.1. The minimum Gasteiger partial charge on any atom is -0.369 e. The summed E-state index contributed by atoms with van der Waals surface area (Å²) in [7, 11) is 0. The third-order valence-corrected chi connectivity index (χ3v) is 6.55. The molecule has 0 aliphatic carbocycles. The zero-order chi connectivity index (χ0) is 19.6. The molecule has 1 saturated heterocycles. The summed E-state index contributed by atoms with van der Waals surface area (Å²) in [6.45, 7) is 4.90. The Morgan fingerprint density at radius 3 is 2.28 bits per heavy atom. The SMILES string of the molecule is Fc1ccc(CN2CCN(c3ccc(-c4nc5ccccc5s4)cc3)CC2)cc1. The fourth-order valence-electron chi connectivity index (χ4n) is 3.82. The first-order valence-corrected chi connectivity index (χ1v) is 10.7. The number of para-hydroxylation sites is 1. The molecule has 0 unspecified atom stereocenters. The predicted molar refractivity (Wildman–Crippen MR) is 119 cm³/mol. The summed E-state index contributed by atoms with van der Waals surface area (Å²) in [5, 5.41) is 1.07. The van der Waals surface area contributed by atoms with E-state index < -0.39 is 0 Å². The average Bonchev–Trinajstić information content (AvgIpc) is 3.20. The van der Waals surface area contributed by atoms with Crippen LogP contribution in [0.2, 0.25) is 0 Å². The van der Waals surface area contributed by atoms with Crippen molar-refractivity contribution in [1.82, 2.24) is 9.88 Å². The zero-order valence-electron chi connectivity index (χ0n) is 16.1. The van der Waals surface area contributed by atoms with Crippen molar-refractivity contribution < 1.29 is 4.39 Å². The fraction of sp³-hybridized carbons (Fsp3) is 0.208. The van der Waals surface area contributed by atoms with Crippen molar-refractivity contribution in [2.24, 2.45) is 0 Å². The summed E-state index contributed by atoms with van der Waals surface area (Å²) in [4.78, 5) is 9.62. The Labute approximate surface area is 174 Å². The van der Waals surface area contributed by atoms with Crippen LogP contribution in [0, 0.1) is 5.82 Å². The first kappa shape index (κ1) is 18.3. The molecule has 0 atom stereocenters. The second-order valence-electron chi connectivity index (χ2n) is 7.42. The molecule has 3 nitrogen and oxygen atoms in total. The molecule has 3 aromatic carbocycles. The molecule has 5 rings (SSSR count). The van der Waals surface area contributed by atoms with Crippen molar-refractivity contribution in [3.8, 4) is 10.6 Å². The normalized spacial score (nSPS) is 15.1. The van der Waals surface area contributed by atoms with Crippen molar-refractivity contribution in [1.29, 1.82) is 0 Å². The summed E-state index contributed by atoms with van der Waals surface area (Å²) in [6.07, 6.45) is 0. The number of rotatable bonds is 4. The van der Waals surface area contributed by atoms with E-state index in [1.807, 2.05) is 18.2 Å². The Kier molecular flexibility index (Phi) is 5.00. The van der Waals surface area contributed by atoms with Gasteiger partial charge in [-0.15, -0.1) is 11.3 Å². The maximum Gasteiger partial charge on any atom is 0.124 e. The quantitative estimate of drug-likeness (QED) is 0.453. The standard InChI is InChI=1S/C24H22FN3S/c25-20-9-5-18(6-10-20)17-27-13-15-28(16-14-27)21-11-7-19(8-12-21)24-26-22-3-1-2-4-23(22)29-24/h1-12H,13-17H2. The van der Waals surface area contributed by atoms with Gasteiger partial charge in [-0.1, -0.05) is 24.3 Å². The highest BCUT2D eigenvalue weighted by molar-refractivity contribution is 7.21. The van der Waals surface area contributed by atoms with Crippen molar-refractivity contribution in [2.45, 2.75) is 6.54 Å². The minimum atomic E-state index is -0.173. The van der Waals surface area contributed by atoms with Crippen molar-refractivity contribution >= 4 is 27.2 Å². The van der Waals surface area contributed by atoms with Crippen LogP contribution in [0.4, 0.5) is 10.1 Å². The lowest BCUT2D eigenvalue weighted by Gasteiger charge is -2.36. The molecule has 2 heterocycles. The molecular formula is C24H22FN3S. The number of aromatic nitrogens is 1. The van der Waals surface area contributed by atoms with Gasteiger partial charge < -0.3 is 4.90 Å². The van der Waals surface area contributed by atoms with E-state index in [9.17, 15) is 4.39 Å². The Morgan fingerprint density at radius 1 is 0.828 bits per heavy atom. The van der Waals surface area contributed by atoms with Crippen molar-refractivity contribution in [3.63, 3.8) is 0 Å². The van der Waals surface area contributed by atoms with Crippen LogP contribution in [0.5, 0.6) is 0 Å². The summed E-state index contributed by atoms with van der Waals surface area (Å²) in [5.41, 5.74) is 4.66. The van der Waals surface area contributed by atoms with Crippen LogP contribution in [-0.2, 0) is 6.54 Å². The number of thiazole rings is 1. The van der Waals surface area contributed by atoms with Crippen molar-refractivity contribution in [3.05, 3.63) is 84.2 Å². The van der Waals surface area contributed by atoms with Crippen LogP contribution in [0.3, 0.4) is 0 Å². The summed E-state index contributed by atoms with van der Waals surface area (Å²) in [6, 6.07) is 23.9. The molecule has 5 heteroatoms. The number of anilines is 1. The van der Waals surface area contributed by atoms with E-state index >= 15 is 0 Å². The average molecular weight is 404 g/mol. The largest absolute Gasteiger partial charge is 0.369 e. The summed E-state index contributed by atoms with van der Waals surface area (Å²) < 4.78 is 14.3. The third-order valence-electron chi connectivity index (χ3n) is 5.47. The highest BCUT2D eigenvalue weighted by Crippen LogP contribution is 2.31. The summed E-state index contributed by atoms with van der Waals surface area (Å²) >= 11 is 1.74. The van der Waals surface area contributed by atoms with Gasteiger partial charge in [0.1, 0.15) is 10.8 Å². The monoisotopic (exact) mass is 403 g/mol.